The summed E-state index contributed by atoms with van der Waals surface area (Å²) in [4.78, 5) is 24.2. The van der Waals surface area contributed by atoms with E-state index in [2.05, 4.69) is 13.2 Å². The summed E-state index contributed by atoms with van der Waals surface area (Å²) in [5.74, 6) is 1.25. The van der Waals surface area contributed by atoms with Crippen LogP contribution in [0.15, 0.2) is 25.3 Å². The molecule has 4 heteroatoms. The number of carbonyl (C=O) groups excluding carboxylic acids is 2. The molecule has 0 radical (unpaired) electrons. The van der Waals surface area contributed by atoms with Gasteiger partial charge in [-0.25, -0.2) is 0 Å². The van der Waals surface area contributed by atoms with Crippen LogP contribution in [0.25, 0.3) is 0 Å². The summed E-state index contributed by atoms with van der Waals surface area (Å²) in [6.07, 6.45) is 15.7. The Hall–Kier alpha value is -1.58. The molecule has 0 aromatic rings. The second-order valence-electron chi connectivity index (χ2n) is 8.44. The highest BCUT2D eigenvalue weighted by Crippen LogP contribution is 2.31. The molecule has 0 aliphatic heterocycles. The maximum atomic E-state index is 12.1. The molecule has 2 saturated carbocycles. The van der Waals surface area contributed by atoms with Gasteiger partial charge in [0.1, 0.15) is 0 Å². The molecule has 0 amide bonds. The van der Waals surface area contributed by atoms with E-state index in [1.807, 2.05) is 12.2 Å². The molecule has 0 bridgehead atoms. The van der Waals surface area contributed by atoms with E-state index < -0.39 is 0 Å². The fourth-order valence-electron chi connectivity index (χ4n) is 4.32. The van der Waals surface area contributed by atoms with Gasteiger partial charge in [0.05, 0.1) is 25.0 Å². The summed E-state index contributed by atoms with van der Waals surface area (Å²) in [5, 5.41) is 0. The molecule has 0 saturated heterocycles. The van der Waals surface area contributed by atoms with Gasteiger partial charge in [0.25, 0.3) is 0 Å². The average molecular weight is 391 g/mol. The van der Waals surface area contributed by atoms with Crippen LogP contribution in [0.1, 0.15) is 77.0 Å². The third kappa shape index (κ3) is 7.81. The third-order valence-electron chi connectivity index (χ3n) is 6.40. The van der Waals surface area contributed by atoms with E-state index >= 15 is 0 Å². The van der Waals surface area contributed by atoms with Gasteiger partial charge in [-0.2, -0.15) is 0 Å². The lowest BCUT2D eigenvalue weighted by Gasteiger charge is -2.25. The van der Waals surface area contributed by atoms with Crippen LogP contribution in [0.3, 0.4) is 0 Å². The molecule has 0 heterocycles. The standard InChI is InChI=1S/C24H38O4/c1-3-19-9-13-21(14-10-19)23(25)27-17-7-5-6-8-18-28-24(26)22-15-11-20(4-2)12-16-22/h3-4,19-22H,1-2,5-18H2. The molecule has 2 rings (SSSR count). The van der Waals surface area contributed by atoms with Crippen molar-refractivity contribution in [2.24, 2.45) is 23.7 Å². The lowest BCUT2D eigenvalue weighted by atomic mass is 9.82. The number of esters is 2. The Labute approximate surface area is 170 Å². The first-order valence-corrected chi connectivity index (χ1v) is 11.2. The van der Waals surface area contributed by atoms with Crippen molar-refractivity contribution in [3.63, 3.8) is 0 Å². The zero-order valence-electron chi connectivity index (χ0n) is 17.4. The highest BCUT2D eigenvalue weighted by Gasteiger charge is 2.26. The first kappa shape index (κ1) is 22.7. The largest absolute Gasteiger partial charge is 0.465 e. The minimum atomic E-state index is -0.0254. The summed E-state index contributed by atoms with van der Waals surface area (Å²) in [7, 11) is 0. The van der Waals surface area contributed by atoms with Crippen LogP contribution < -0.4 is 0 Å². The van der Waals surface area contributed by atoms with E-state index in [1.54, 1.807) is 0 Å². The fraction of sp³-hybridized carbons (Fsp3) is 0.750. The zero-order chi connectivity index (χ0) is 20.2. The van der Waals surface area contributed by atoms with Gasteiger partial charge < -0.3 is 9.47 Å². The van der Waals surface area contributed by atoms with Crippen molar-refractivity contribution in [2.45, 2.75) is 77.0 Å². The Morgan fingerprint density at radius 3 is 1.32 bits per heavy atom. The molecule has 0 aromatic carbocycles. The molecule has 0 unspecified atom stereocenters. The van der Waals surface area contributed by atoms with Crippen LogP contribution in [0.2, 0.25) is 0 Å². The van der Waals surface area contributed by atoms with E-state index in [4.69, 9.17) is 9.47 Å². The van der Waals surface area contributed by atoms with E-state index in [1.165, 1.54) is 0 Å². The molecule has 2 fully saturated rings. The number of hydrogen-bond acceptors (Lipinski definition) is 4. The van der Waals surface area contributed by atoms with Crippen molar-refractivity contribution < 1.29 is 19.1 Å². The average Bonchev–Trinajstić information content (AvgIpc) is 2.75. The summed E-state index contributed by atoms with van der Waals surface area (Å²) in [6, 6.07) is 0. The second kappa shape index (κ2) is 12.8. The van der Waals surface area contributed by atoms with Gasteiger partial charge in [-0.3, -0.25) is 9.59 Å². The van der Waals surface area contributed by atoms with Gasteiger partial charge in [-0.05, 0) is 88.9 Å². The number of carbonyl (C=O) groups is 2. The van der Waals surface area contributed by atoms with Crippen LogP contribution in [-0.4, -0.2) is 25.2 Å². The van der Waals surface area contributed by atoms with Gasteiger partial charge in [-0.15, -0.1) is 13.2 Å². The number of allylic oxidation sites excluding steroid dienone is 2. The number of unbranched alkanes of at least 4 members (excludes halogenated alkanes) is 3. The van der Waals surface area contributed by atoms with Crippen molar-refractivity contribution in [3.8, 4) is 0 Å². The summed E-state index contributed by atoms with van der Waals surface area (Å²) >= 11 is 0. The van der Waals surface area contributed by atoms with Gasteiger partial charge >= 0.3 is 11.9 Å². The van der Waals surface area contributed by atoms with Crippen molar-refractivity contribution in [1.29, 1.82) is 0 Å². The van der Waals surface area contributed by atoms with Crippen LogP contribution in [0.4, 0.5) is 0 Å². The molecule has 158 valence electrons. The van der Waals surface area contributed by atoms with Gasteiger partial charge in [0.15, 0.2) is 0 Å². The molecule has 28 heavy (non-hydrogen) atoms. The Balaban J connectivity index is 1.42. The quantitative estimate of drug-likeness (QED) is 0.261. The topological polar surface area (TPSA) is 52.6 Å². The first-order chi connectivity index (χ1) is 13.6. The molecular formula is C24H38O4. The van der Waals surface area contributed by atoms with Crippen LogP contribution in [0, 0.1) is 23.7 Å². The van der Waals surface area contributed by atoms with Crippen molar-refractivity contribution in [1.82, 2.24) is 0 Å². The lowest BCUT2D eigenvalue weighted by Crippen LogP contribution is -2.23. The van der Waals surface area contributed by atoms with E-state index in [9.17, 15) is 9.59 Å². The lowest BCUT2D eigenvalue weighted by molar-refractivity contribution is -0.151. The Morgan fingerprint density at radius 2 is 1.00 bits per heavy atom. The highest BCUT2D eigenvalue weighted by atomic mass is 16.5. The third-order valence-corrected chi connectivity index (χ3v) is 6.40. The van der Waals surface area contributed by atoms with Gasteiger partial charge in [-0.1, -0.05) is 12.2 Å². The van der Waals surface area contributed by atoms with E-state index in [0.717, 1.165) is 77.0 Å². The predicted molar refractivity (Wildman–Crippen MR) is 112 cm³/mol. The molecule has 2 aliphatic carbocycles. The maximum Gasteiger partial charge on any atom is 0.308 e. The molecule has 0 atom stereocenters. The first-order valence-electron chi connectivity index (χ1n) is 11.2. The fourth-order valence-corrected chi connectivity index (χ4v) is 4.32. The Bertz CT molecular complexity index is 451. The predicted octanol–water partition coefficient (Wildman–Crippen LogP) is 5.62. The van der Waals surface area contributed by atoms with Crippen LogP contribution in [-0.2, 0) is 19.1 Å². The second-order valence-corrected chi connectivity index (χ2v) is 8.44. The molecule has 2 aliphatic rings. The molecular weight excluding hydrogens is 352 g/mol. The van der Waals surface area contributed by atoms with Gasteiger partial charge in [0, 0.05) is 0 Å². The van der Waals surface area contributed by atoms with Crippen LogP contribution in [0.5, 0.6) is 0 Å². The zero-order valence-corrected chi connectivity index (χ0v) is 17.4. The minimum Gasteiger partial charge on any atom is -0.465 e. The molecule has 0 aromatic heterocycles. The smallest absolute Gasteiger partial charge is 0.308 e. The van der Waals surface area contributed by atoms with Gasteiger partial charge in [0.2, 0.25) is 0 Å². The Kier molecular flexibility index (Phi) is 10.4. The van der Waals surface area contributed by atoms with E-state index in [0.29, 0.717) is 25.0 Å². The molecule has 0 spiro atoms. The van der Waals surface area contributed by atoms with Crippen molar-refractivity contribution in [3.05, 3.63) is 25.3 Å². The normalized spacial score (nSPS) is 27.6. The summed E-state index contributed by atoms with van der Waals surface area (Å²) in [6.45, 7) is 8.69. The van der Waals surface area contributed by atoms with Crippen LogP contribution >= 0.6 is 0 Å². The Morgan fingerprint density at radius 1 is 0.643 bits per heavy atom. The van der Waals surface area contributed by atoms with Crippen molar-refractivity contribution in [2.75, 3.05) is 13.2 Å². The monoisotopic (exact) mass is 390 g/mol. The van der Waals surface area contributed by atoms with Crippen molar-refractivity contribution >= 4 is 11.9 Å². The number of ether oxygens (including phenoxy) is 2. The minimum absolute atomic E-state index is 0.0254. The van der Waals surface area contributed by atoms with E-state index in [-0.39, 0.29) is 23.8 Å². The number of hydrogen-bond donors (Lipinski definition) is 0. The highest BCUT2D eigenvalue weighted by molar-refractivity contribution is 5.72. The molecule has 4 nitrogen and oxygen atoms in total. The number of rotatable bonds is 11. The SMILES string of the molecule is C=CC1CCC(C(=O)OCCCCCCOC(=O)C2CCC(C=C)CC2)CC1. The summed E-state index contributed by atoms with van der Waals surface area (Å²) < 4.78 is 10.9. The summed E-state index contributed by atoms with van der Waals surface area (Å²) in [5.41, 5.74) is 0. The molecule has 0 N–H and O–H groups in total. The maximum absolute atomic E-state index is 12.1.